The van der Waals surface area contributed by atoms with Crippen LogP contribution >= 0.6 is 0 Å². The fourth-order valence-corrected chi connectivity index (χ4v) is 4.13. The monoisotopic (exact) mass is 515 g/mol. The molecule has 0 aliphatic carbocycles. The molecule has 10 nitrogen and oxygen atoms in total. The summed E-state index contributed by atoms with van der Waals surface area (Å²) in [7, 11) is 0. The number of nitrogens with one attached hydrogen (secondary N) is 4. The van der Waals surface area contributed by atoms with Gasteiger partial charge in [-0.3, -0.25) is 24.0 Å². The number of hydrogen-bond acceptors (Lipinski definition) is 5. The molecule has 5 amide bonds. The van der Waals surface area contributed by atoms with Crippen molar-refractivity contribution in [3.05, 3.63) is 35.9 Å². The Morgan fingerprint density at radius 3 is 2.27 bits per heavy atom. The molecule has 0 aromatic heterocycles. The molecule has 204 valence electrons. The van der Waals surface area contributed by atoms with Gasteiger partial charge in [-0.1, -0.05) is 51.1 Å². The molecule has 0 saturated carbocycles. The van der Waals surface area contributed by atoms with Crippen LogP contribution in [0.4, 0.5) is 0 Å². The molecular weight excluding hydrogens is 474 g/mol. The molecule has 3 atom stereocenters. The maximum absolute atomic E-state index is 13.1. The molecule has 1 heterocycles. The molecule has 1 aliphatic heterocycles. The Morgan fingerprint density at radius 1 is 0.946 bits per heavy atom. The number of carbonyl (C=O) groups excluding carboxylic acids is 5. The second-order valence-electron chi connectivity index (χ2n) is 9.75. The van der Waals surface area contributed by atoms with E-state index in [1.54, 1.807) is 18.7 Å². The van der Waals surface area contributed by atoms with E-state index in [1.807, 2.05) is 44.2 Å². The standard InChI is InChI=1S/C27H41N5O5/c1-5-23(34)32-15-9-13-22(33)30-21(17-20-11-7-6-8-12-20)26(36)29-19(4)25(35)31-24(18(2)3)27(37)28-14-10-16-32/h6-8,11-12,18-19,21,24H,5,9-10,13-17H2,1-4H3,(H,28,37)(H,29,36)(H,30,33)(H,31,35)/t19-,21+,24-/m1/s1. The minimum absolute atomic E-state index is 0.0243. The predicted octanol–water partition coefficient (Wildman–Crippen LogP) is 0.898. The normalized spacial score (nSPS) is 23.3. The van der Waals surface area contributed by atoms with Crippen molar-refractivity contribution >= 4 is 29.5 Å². The van der Waals surface area contributed by atoms with Gasteiger partial charge in [0.05, 0.1) is 0 Å². The Balaban J connectivity index is 2.24. The van der Waals surface area contributed by atoms with Gasteiger partial charge in [-0.2, -0.15) is 0 Å². The lowest BCUT2D eigenvalue weighted by atomic mass is 10.0. The van der Waals surface area contributed by atoms with Gasteiger partial charge >= 0.3 is 0 Å². The van der Waals surface area contributed by atoms with Crippen LogP contribution in [0.1, 0.15) is 58.9 Å². The van der Waals surface area contributed by atoms with Crippen LogP contribution in [0.5, 0.6) is 0 Å². The van der Waals surface area contributed by atoms with Gasteiger partial charge in [0.2, 0.25) is 29.5 Å². The van der Waals surface area contributed by atoms with Crippen molar-refractivity contribution in [3.8, 4) is 0 Å². The van der Waals surface area contributed by atoms with E-state index < -0.39 is 29.9 Å². The molecule has 0 bridgehead atoms. The highest BCUT2D eigenvalue weighted by atomic mass is 16.2. The second kappa shape index (κ2) is 15.0. The molecular formula is C27H41N5O5. The first-order valence-electron chi connectivity index (χ1n) is 13.1. The van der Waals surface area contributed by atoms with Crippen LogP contribution in [-0.2, 0) is 30.4 Å². The van der Waals surface area contributed by atoms with E-state index in [2.05, 4.69) is 21.3 Å². The molecule has 1 aromatic carbocycles. The third-order valence-electron chi connectivity index (χ3n) is 6.32. The maximum Gasteiger partial charge on any atom is 0.243 e. The fourth-order valence-electron chi connectivity index (χ4n) is 4.13. The molecule has 1 aromatic rings. The maximum atomic E-state index is 13.1. The SMILES string of the molecule is CCC(=O)N1CCCNC(=O)[C@@H](C(C)C)NC(=O)[C@@H](C)NC(=O)[C@H](Cc2ccccc2)NC(=O)CCC1. The number of benzene rings is 1. The number of rotatable bonds is 4. The van der Waals surface area contributed by atoms with Gasteiger partial charge in [0.1, 0.15) is 18.1 Å². The summed E-state index contributed by atoms with van der Waals surface area (Å²) in [5.41, 5.74) is 0.860. The van der Waals surface area contributed by atoms with Crippen LogP contribution in [0.15, 0.2) is 30.3 Å². The Morgan fingerprint density at radius 2 is 1.62 bits per heavy atom. The fraction of sp³-hybridized carbons (Fsp3) is 0.593. The summed E-state index contributed by atoms with van der Waals surface area (Å²) < 4.78 is 0. The molecule has 2 rings (SSSR count). The van der Waals surface area contributed by atoms with E-state index >= 15 is 0 Å². The summed E-state index contributed by atoms with van der Waals surface area (Å²) in [6.45, 7) is 8.18. The van der Waals surface area contributed by atoms with E-state index in [4.69, 9.17) is 0 Å². The van der Waals surface area contributed by atoms with Gasteiger partial charge < -0.3 is 26.2 Å². The highest BCUT2D eigenvalue weighted by Crippen LogP contribution is 2.07. The van der Waals surface area contributed by atoms with Crippen molar-refractivity contribution in [2.75, 3.05) is 19.6 Å². The average Bonchev–Trinajstić information content (AvgIpc) is 2.87. The van der Waals surface area contributed by atoms with Crippen molar-refractivity contribution in [2.45, 2.75) is 77.9 Å². The highest BCUT2D eigenvalue weighted by Gasteiger charge is 2.29. The molecule has 10 heteroatoms. The van der Waals surface area contributed by atoms with Crippen molar-refractivity contribution in [1.82, 2.24) is 26.2 Å². The zero-order valence-electron chi connectivity index (χ0n) is 22.3. The van der Waals surface area contributed by atoms with Crippen LogP contribution in [0.25, 0.3) is 0 Å². The zero-order chi connectivity index (χ0) is 27.4. The smallest absolute Gasteiger partial charge is 0.243 e. The second-order valence-corrected chi connectivity index (χ2v) is 9.75. The van der Waals surface area contributed by atoms with E-state index in [0.717, 1.165) is 5.56 Å². The first kappa shape index (κ1) is 29.8. The van der Waals surface area contributed by atoms with E-state index in [0.29, 0.717) is 38.9 Å². The van der Waals surface area contributed by atoms with Gasteiger partial charge in [0.15, 0.2) is 0 Å². The lowest BCUT2D eigenvalue weighted by molar-refractivity contribution is -0.134. The first-order chi connectivity index (χ1) is 17.6. The summed E-state index contributed by atoms with van der Waals surface area (Å²) >= 11 is 0. The minimum atomic E-state index is -0.913. The first-order valence-corrected chi connectivity index (χ1v) is 13.1. The number of amides is 5. The third-order valence-corrected chi connectivity index (χ3v) is 6.32. The minimum Gasteiger partial charge on any atom is -0.354 e. The topological polar surface area (TPSA) is 137 Å². The Hall–Kier alpha value is -3.43. The molecule has 0 radical (unpaired) electrons. The van der Waals surface area contributed by atoms with Crippen LogP contribution in [0.3, 0.4) is 0 Å². The molecule has 37 heavy (non-hydrogen) atoms. The van der Waals surface area contributed by atoms with Crippen LogP contribution in [0.2, 0.25) is 0 Å². The van der Waals surface area contributed by atoms with E-state index in [9.17, 15) is 24.0 Å². The van der Waals surface area contributed by atoms with Gasteiger partial charge in [0.25, 0.3) is 0 Å². The average molecular weight is 516 g/mol. The summed E-state index contributed by atoms with van der Waals surface area (Å²) in [6.07, 6.45) is 1.74. The van der Waals surface area contributed by atoms with Crippen LogP contribution < -0.4 is 21.3 Å². The summed E-state index contributed by atoms with van der Waals surface area (Å²) in [6, 6.07) is 6.71. The largest absolute Gasteiger partial charge is 0.354 e. The quantitative estimate of drug-likeness (QED) is 0.472. The zero-order valence-corrected chi connectivity index (χ0v) is 22.3. The molecule has 4 N–H and O–H groups in total. The van der Waals surface area contributed by atoms with E-state index in [-0.39, 0.29) is 36.5 Å². The molecule has 0 spiro atoms. The van der Waals surface area contributed by atoms with E-state index in [1.165, 1.54) is 0 Å². The number of carbonyl (C=O) groups is 5. The van der Waals surface area contributed by atoms with Gasteiger partial charge in [-0.25, -0.2) is 0 Å². The molecule has 1 fully saturated rings. The van der Waals surface area contributed by atoms with Crippen LogP contribution in [-0.4, -0.2) is 72.2 Å². The van der Waals surface area contributed by atoms with Gasteiger partial charge in [-0.05, 0) is 31.2 Å². The molecule has 1 aliphatic rings. The summed E-state index contributed by atoms with van der Waals surface area (Å²) in [4.78, 5) is 65.6. The molecule has 0 unspecified atom stereocenters. The van der Waals surface area contributed by atoms with Crippen molar-refractivity contribution in [2.24, 2.45) is 5.92 Å². The van der Waals surface area contributed by atoms with Crippen LogP contribution in [0, 0.1) is 5.92 Å². The lowest BCUT2D eigenvalue weighted by Gasteiger charge is -2.26. The summed E-state index contributed by atoms with van der Waals surface area (Å²) in [5.74, 6) is -1.80. The van der Waals surface area contributed by atoms with Gasteiger partial charge in [0, 0.05) is 38.9 Å². The Labute approximate surface area is 219 Å². The van der Waals surface area contributed by atoms with Crippen molar-refractivity contribution < 1.29 is 24.0 Å². The predicted molar refractivity (Wildman–Crippen MR) is 140 cm³/mol. The highest BCUT2D eigenvalue weighted by molar-refractivity contribution is 5.94. The van der Waals surface area contributed by atoms with Crippen molar-refractivity contribution in [3.63, 3.8) is 0 Å². The lowest BCUT2D eigenvalue weighted by Crippen LogP contribution is -2.57. The third kappa shape index (κ3) is 9.86. The summed E-state index contributed by atoms with van der Waals surface area (Å²) in [5, 5.41) is 11.0. The Bertz CT molecular complexity index is 936. The van der Waals surface area contributed by atoms with Gasteiger partial charge in [-0.15, -0.1) is 0 Å². The number of hydrogen-bond donors (Lipinski definition) is 4. The molecule has 1 saturated heterocycles. The van der Waals surface area contributed by atoms with Crippen molar-refractivity contribution in [1.29, 1.82) is 0 Å². The Kier molecular flexibility index (Phi) is 12.1. The number of nitrogens with zero attached hydrogens (tertiary/aromatic N) is 1.